The minimum absolute atomic E-state index is 0.0539. The van der Waals surface area contributed by atoms with Gasteiger partial charge in [-0.25, -0.2) is 9.59 Å². The predicted octanol–water partition coefficient (Wildman–Crippen LogP) is 3.08. The number of nitrogens with zero attached hydrogens (tertiary/aromatic N) is 1. The summed E-state index contributed by atoms with van der Waals surface area (Å²) in [6.45, 7) is 0.402. The van der Waals surface area contributed by atoms with Crippen molar-refractivity contribution in [3.05, 3.63) is 71.8 Å². The van der Waals surface area contributed by atoms with E-state index in [2.05, 4.69) is 12.1 Å². The summed E-state index contributed by atoms with van der Waals surface area (Å²) in [4.78, 5) is 23.9. The van der Waals surface area contributed by atoms with Gasteiger partial charge in [0, 0.05) is 0 Å². The van der Waals surface area contributed by atoms with Crippen LogP contribution in [0.5, 0.6) is 0 Å². The second-order valence-electron chi connectivity index (χ2n) is 6.84. The van der Waals surface area contributed by atoms with Gasteiger partial charge in [0.2, 0.25) is 0 Å². The molecular weight excluding hydrogens is 374 g/mol. The number of amides is 1. The monoisotopic (exact) mass is 399 g/mol. The number of aryl methyl sites for hydroxylation is 1. The fourth-order valence-electron chi connectivity index (χ4n) is 3.08. The Morgan fingerprint density at radius 1 is 1.10 bits per heavy atom. The van der Waals surface area contributed by atoms with Gasteiger partial charge >= 0.3 is 12.1 Å². The van der Waals surface area contributed by atoms with E-state index < -0.39 is 18.1 Å². The van der Waals surface area contributed by atoms with Crippen molar-refractivity contribution in [1.29, 1.82) is 0 Å². The van der Waals surface area contributed by atoms with Gasteiger partial charge in [-0.3, -0.25) is 4.90 Å². The lowest BCUT2D eigenvalue weighted by atomic mass is 10.1. The molecule has 154 valence electrons. The Morgan fingerprint density at radius 3 is 2.41 bits per heavy atom. The average Bonchev–Trinajstić information content (AvgIpc) is 3.12. The zero-order valence-corrected chi connectivity index (χ0v) is 16.1. The summed E-state index contributed by atoms with van der Waals surface area (Å²) in [7, 11) is 0. The normalized spacial score (nSPS) is 17.2. The maximum absolute atomic E-state index is 11.7. The molecule has 1 amide bonds. The Labute approximate surface area is 169 Å². The van der Waals surface area contributed by atoms with Crippen LogP contribution in [0, 0.1) is 0 Å². The number of hydrogen-bond acceptors (Lipinski definition) is 5. The van der Waals surface area contributed by atoms with Crippen LogP contribution in [0.3, 0.4) is 0 Å². The molecule has 1 aliphatic rings. The summed E-state index contributed by atoms with van der Waals surface area (Å²) < 4.78 is 16.5. The van der Waals surface area contributed by atoms with Gasteiger partial charge in [0.05, 0.1) is 25.9 Å². The fourth-order valence-corrected chi connectivity index (χ4v) is 3.08. The van der Waals surface area contributed by atoms with Gasteiger partial charge in [0.25, 0.3) is 0 Å². The molecule has 2 aromatic rings. The van der Waals surface area contributed by atoms with E-state index in [0.717, 1.165) is 23.3 Å². The molecule has 7 heteroatoms. The zero-order chi connectivity index (χ0) is 20.5. The van der Waals surface area contributed by atoms with Crippen LogP contribution in [-0.2, 0) is 32.0 Å². The molecule has 1 N–H and O–H groups in total. The van der Waals surface area contributed by atoms with Crippen LogP contribution in [-0.4, -0.2) is 54.2 Å². The van der Waals surface area contributed by atoms with Crippen LogP contribution >= 0.6 is 0 Å². The highest BCUT2D eigenvalue weighted by Crippen LogP contribution is 2.14. The number of hydrogen-bond donors (Lipinski definition) is 1. The van der Waals surface area contributed by atoms with E-state index in [-0.39, 0.29) is 26.0 Å². The third-order valence-electron chi connectivity index (χ3n) is 4.75. The first-order valence-corrected chi connectivity index (χ1v) is 9.57. The lowest BCUT2D eigenvalue weighted by molar-refractivity contribution is -0.140. The van der Waals surface area contributed by atoms with Gasteiger partial charge in [0.1, 0.15) is 0 Å². The van der Waals surface area contributed by atoms with E-state index in [0.29, 0.717) is 6.61 Å². The van der Waals surface area contributed by atoms with Crippen molar-refractivity contribution in [2.45, 2.75) is 31.6 Å². The molecule has 0 radical (unpaired) electrons. The largest absolute Gasteiger partial charge is 0.465 e. The number of esters is 1. The van der Waals surface area contributed by atoms with Crippen LogP contribution in [0.4, 0.5) is 4.79 Å². The Bertz CT molecular complexity index is 739. The van der Waals surface area contributed by atoms with E-state index in [1.165, 1.54) is 5.56 Å². The SMILES string of the molecule is O=C1OCN(C(=O)O)[C@H]1COCC(CCc1ccccc1)OCc1ccccc1. The summed E-state index contributed by atoms with van der Waals surface area (Å²) in [6, 6.07) is 19.0. The predicted molar refractivity (Wildman–Crippen MR) is 105 cm³/mol. The topological polar surface area (TPSA) is 85.3 Å². The van der Waals surface area contributed by atoms with Crippen LogP contribution in [0.1, 0.15) is 17.5 Å². The average molecular weight is 399 g/mol. The molecule has 1 heterocycles. The maximum atomic E-state index is 11.7. The molecule has 2 atom stereocenters. The molecule has 1 aliphatic heterocycles. The van der Waals surface area contributed by atoms with Crippen molar-refractivity contribution in [3.63, 3.8) is 0 Å². The van der Waals surface area contributed by atoms with Gasteiger partial charge in [-0.15, -0.1) is 0 Å². The van der Waals surface area contributed by atoms with Crippen LogP contribution in [0.2, 0.25) is 0 Å². The first-order chi connectivity index (χ1) is 14.1. The highest BCUT2D eigenvalue weighted by molar-refractivity contribution is 5.83. The maximum Gasteiger partial charge on any atom is 0.410 e. The van der Waals surface area contributed by atoms with E-state index in [1.807, 2.05) is 48.5 Å². The molecule has 2 aromatic carbocycles. The number of cyclic esters (lactones) is 1. The quantitative estimate of drug-likeness (QED) is 0.618. The van der Waals surface area contributed by atoms with Crippen molar-refractivity contribution in [1.82, 2.24) is 4.90 Å². The Hall–Kier alpha value is -2.90. The number of carbonyl (C=O) groups is 2. The first kappa shape index (κ1) is 20.8. The number of ether oxygens (including phenoxy) is 3. The third-order valence-corrected chi connectivity index (χ3v) is 4.75. The molecule has 0 spiro atoms. The first-order valence-electron chi connectivity index (χ1n) is 9.57. The molecule has 0 saturated carbocycles. The molecule has 7 nitrogen and oxygen atoms in total. The Morgan fingerprint density at radius 2 is 1.76 bits per heavy atom. The lowest BCUT2D eigenvalue weighted by Gasteiger charge is -2.21. The number of carboxylic acid groups (broad SMARTS) is 1. The second-order valence-corrected chi connectivity index (χ2v) is 6.84. The number of benzene rings is 2. The van der Waals surface area contributed by atoms with Crippen LogP contribution < -0.4 is 0 Å². The van der Waals surface area contributed by atoms with Crippen molar-refractivity contribution in [2.75, 3.05) is 19.9 Å². The van der Waals surface area contributed by atoms with Gasteiger partial charge < -0.3 is 19.3 Å². The molecular formula is C22H25NO6. The molecule has 3 rings (SSSR count). The second kappa shape index (κ2) is 10.6. The summed E-state index contributed by atoms with van der Waals surface area (Å²) >= 11 is 0. The standard InChI is InChI=1S/C22H25NO6/c24-21-20(23(16-29-21)22(25)26)15-27-14-19(12-11-17-7-3-1-4-8-17)28-13-18-9-5-2-6-10-18/h1-10,19-20H,11-16H2,(H,25,26)/t19?,20-/m0/s1. The van der Waals surface area contributed by atoms with E-state index in [9.17, 15) is 9.59 Å². The Balaban J connectivity index is 1.53. The zero-order valence-electron chi connectivity index (χ0n) is 16.1. The smallest absolute Gasteiger partial charge is 0.410 e. The van der Waals surface area contributed by atoms with Crippen molar-refractivity contribution >= 4 is 12.1 Å². The van der Waals surface area contributed by atoms with Gasteiger partial charge in [-0.1, -0.05) is 60.7 Å². The summed E-state index contributed by atoms with van der Waals surface area (Å²) in [5.41, 5.74) is 2.27. The van der Waals surface area contributed by atoms with Crippen molar-refractivity contribution in [3.8, 4) is 0 Å². The molecule has 0 aliphatic carbocycles. The van der Waals surface area contributed by atoms with Crippen molar-refractivity contribution < 1.29 is 28.9 Å². The molecule has 1 unspecified atom stereocenters. The van der Waals surface area contributed by atoms with E-state index in [1.54, 1.807) is 0 Å². The number of carbonyl (C=O) groups excluding carboxylic acids is 1. The molecule has 1 saturated heterocycles. The summed E-state index contributed by atoms with van der Waals surface area (Å²) in [5, 5.41) is 9.14. The highest BCUT2D eigenvalue weighted by atomic mass is 16.6. The summed E-state index contributed by atoms with van der Waals surface area (Å²) in [6.07, 6.45) is 0.182. The lowest BCUT2D eigenvalue weighted by Crippen LogP contribution is -2.41. The van der Waals surface area contributed by atoms with Crippen molar-refractivity contribution in [2.24, 2.45) is 0 Å². The molecule has 0 aromatic heterocycles. The van der Waals surface area contributed by atoms with E-state index in [4.69, 9.17) is 19.3 Å². The van der Waals surface area contributed by atoms with Crippen LogP contribution in [0.25, 0.3) is 0 Å². The third kappa shape index (κ3) is 6.30. The molecule has 0 bridgehead atoms. The van der Waals surface area contributed by atoms with E-state index >= 15 is 0 Å². The minimum Gasteiger partial charge on any atom is -0.465 e. The van der Waals surface area contributed by atoms with Crippen LogP contribution in [0.15, 0.2) is 60.7 Å². The fraction of sp³-hybridized carbons (Fsp3) is 0.364. The Kier molecular flexibility index (Phi) is 7.61. The van der Waals surface area contributed by atoms with Gasteiger partial charge in [-0.05, 0) is 24.0 Å². The van der Waals surface area contributed by atoms with Gasteiger partial charge in [-0.2, -0.15) is 0 Å². The molecule has 29 heavy (non-hydrogen) atoms. The highest BCUT2D eigenvalue weighted by Gasteiger charge is 2.38. The summed E-state index contributed by atoms with van der Waals surface area (Å²) in [5.74, 6) is -0.585. The molecule has 1 fully saturated rings. The minimum atomic E-state index is -1.20. The number of rotatable bonds is 10. The van der Waals surface area contributed by atoms with Gasteiger partial charge in [0.15, 0.2) is 12.8 Å².